The van der Waals surface area contributed by atoms with Crippen molar-refractivity contribution in [3.63, 3.8) is 0 Å². The summed E-state index contributed by atoms with van der Waals surface area (Å²) in [5.41, 5.74) is 0.578. The first kappa shape index (κ1) is 16.1. The lowest BCUT2D eigenvalue weighted by molar-refractivity contribution is -0.119. The molecule has 21 heavy (non-hydrogen) atoms. The smallest absolute Gasteiger partial charge is 0.243 e. The van der Waals surface area contributed by atoms with Crippen LogP contribution in [-0.2, 0) is 14.8 Å². The lowest BCUT2D eigenvalue weighted by atomic mass is 10.2. The Bertz CT molecular complexity index is 640. The third kappa shape index (κ3) is 3.14. The first-order valence-corrected chi connectivity index (χ1v) is 8.25. The van der Waals surface area contributed by atoms with Crippen LogP contribution in [0.2, 0.25) is 5.02 Å². The molecule has 1 amide bonds. The van der Waals surface area contributed by atoms with Gasteiger partial charge in [0.2, 0.25) is 16.4 Å². The Morgan fingerprint density at radius 1 is 1.24 bits per heavy atom. The highest BCUT2D eigenvalue weighted by atomic mass is 35.5. The molecule has 0 aromatic heterocycles. The van der Waals surface area contributed by atoms with Gasteiger partial charge >= 0.3 is 0 Å². The quantitative estimate of drug-likeness (QED) is 0.775. The van der Waals surface area contributed by atoms with E-state index in [0.29, 0.717) is 24.4 Å². The molecule has 0 bridgehead atoms. The number of benzene rings is 1. The second-order valence-corrected chi connectivity index (χ2v) is 7.11. The summed E-state index contributed by atoms with van der Waals surface area (Å²) in [4.78, 5) is 12.4. The van der Waals surface area contributed by atoms with E-state index in [4.69, 9.17) is 16.3 Å². The van der Waals surface area contributed by atoms with E-state index in [1.165, 1.54) is 17.5 Å². The summed E-state index contributed by atoms with van der Waals surface area (Å²) in [7, 11) is -2.14. The summed E-state index contributed by atoms with van der Waals surface area (Å²) >= 11 is 6.03. The average Bonchev–Trinajstić information content (AvgIpc) is 2.49. The molecule has 0 aliphatic carbocycles. The topological polar surface area (TPSA) is 66.9 Å². The molecule has 0 spiro atoms. The van der Waals surface area contributed by atoms with Gasteiger partial charge in [-0.25, -0.2) is 8.42 Å². The molecule has 0 N–H and O–H groups in total. The number of aryl methyl sites for hydroxylation is 1. The van der Waals surface area contributed by atoms with E-state index < -0.39 is 10.0 Å². The molecule has 116 valence electrons. The van der Waals surface area contributed by atoms with E-state index in [1.807, 2.05) is 0 Å². The molecule has 1 aliphatic rings. The molecule has 1 aromatic rings. The summed E-state index contributed by atoms with van der Waals surface area (Å²) in [5, 5.41) is 0.258. The van der Waals surface area contributed by atoms with Crippen LogP contribution in [0.1, 0.15) is 5.56 Å². The Morgan fingerprint density at radius 3 is 2.38 bits per heavy atom. The van der Waals surface area contributed by atoms with Gasteiger partial charge < -0.3 is 9.64 Å². The zero-order valence-corrected chi connectivity index (χ0v) is 13.4. The maximum absolute atomic E-state index is 12.7. The van der Waals surface area contributed by atoms with Gasteiger partial charge in [0.15, 0.2) is 0 Å². The summed E-state index contributed by atoms with van der Waals surface area (Å²) in [6, 6.07) is 3.02. The number of rotatable bonds is 4. The Labute approximate surface area is 129 Å². The number of ether oxygens (including phenoxy) is 1. The van der Waals surface area contributed by atoms with Crippen molar-refractivity contribution >= 4 is 28.0 Å². The minimum Gasteiger partial charge on any atom is -0.495 e. The molecule has 2 rings (SSSR count). The largest absolute Gasteiger partial charge is 0.495 e. The Hall–Kier alpha value is -1.31. The van der Waals surface area contributed by atoms with Crippen LogP contribution in [0.25, 0.3) is 0 Å². The number of hydrogen-bond acceptors (Lipinski definition) is 4. The second kappa shape index (κ2) is 6.21. The van der Waals surface area contributed by atoms with Crippen LogP contribution in [0.15, 0.2) is 17.0 Å². The van der Waals surface area contributed by atoms with Gasteiger partial charge in [0.25, 0.3) is 0 Å². The van der Waals surface area contributed by atoms with E-state index in [2.05, 4.69) is 0 Å². The van der Waals surface area contributed by atoms with Crippen molar-refractivity contribution in [3.8, 4) is 5.75 Å². The number of carbonyl (C=O) groups excluding carboxylic acids is 1. The number of nitrogens with zero attached hydrogens (tertiary/aromatic N) is 2. The molecule has 1 aliphatic heterocycles. The zero-order chi connectivity index (χ0) is 15.6. The third-order valence-corrected chi connectivity index (χ3v) is 5.83. The molecule has 1 aromatic carbocycles. The predicted molar refractivity (Wildman–Crippen MR) is 79.1 cm³/mol. The van der Waals surface area contributed by atoms with E-state index >= 15 is 0 Å². The number of hydrogen-bond donors (Lipinski definition) is 0. The van der Waals surface area contributed by atoms with Gasteiger partial charge in [-0.3, -0.25) is 4.79 Å². The molecular formula is C13H17ClN2O4S. The third-order valence-electron chi connectivity index (χ3n) is 3.49. The van der Waals surface area contributed by atoms with Crippen molar-refractivity contribution in [2.75, 3.05) is 33.3 Å². The van der Waals surface area contributed by atoms with E-state index in [-0.39, 0.29) is 23.0 Å². The monoisotopic (exact) mass is 332 g/mol. The molecule has 6 nitrogen and oxygen atoms in total. The Morgan fingerprint density at radius 2 is 1.86 bits per heavy atom. The van der Waals surface area contributed by atoms with Crippen LogP contribution >= 0.6 is 11.6 Å². The van der Waals surface area contributed by atoms with Crippen LogP contribution in [0.3, 0.4) is 0 Å². The van der Waals surface area contributed by atoms with Crippen LogP contribution < -0.4 is 4.74 Å². The van der Waals surface area contributed by atoms with Crippen molar-refractivity contribution in [2.24, 2.45) is 0 Å². The summed E-state index contributed by atoms with van der Waals surface area (Å²) < 4.78 is 31.8. The fraction of sp³-hybridized carbons (Fsp3) is 0.462. The van der Waals surface area contributed by atoms with Gasteiger partial charge in [-0.2, -0.15) is 4.31 Å². The lowest BCUT2D eigenvalue weighted by Crippen LogP contribution is -2.48. The van der Waals surface area contributed by atoms with Gasteiger partial charge in [0, 0.05) is 26.2 Å². The Kier molecular flexibility index (Phi) is 4.75. The highest BCUT2D eigenvalue weighted by Gasteiger charge is 2.30. The highest BCUT2D eigenvalue weighted by Crippen LogP contribution is 2.31. The fourth-order valence-corrected chi connectivity index (χ4v) is 4.22. The molecule has 0 saturated carbocycles. The van der Waals surface area contributed by atoms with Gasteiger partial charge in [-0.05, 0) is 24.6 Å². The van der Waals surface area contributed by atoms with Crippen LogP contribution in [-0.4, -0.2) is 57.3 Å². The van der Waals surface area contributed by atoms with Crippen molar-refractivity contribution in [1.82, 2.24) is 9.21 Å². The van der Waals surface area contributed by atoms with E-state index in [1.54, 1.807) is 17.9 Å². The van der Waals surface area contributed by atoms with Gasteiger partial charge in [0.05, 0.1) is 17.0 Å². The van der Waals surface area contributed by atoms with Crippen molar-refractivity contribution in [1.29, 1.82) is 0 Å². The number of sulfonamides is 1. The molecule has 0 radical (unpaired) electrons. The first-order valence-electron chi connectivity index (χ1n) is 6.43. The molecule has 0 atom stereocenters. The number of methoxy groups -OCH3 is 1. The van der Waals surface area contributed by atoms with Crippen LogP contribution in [0.5, 0.6) is 5.75 Å². The SMILES string of the molecule is COc1cc(C)c(S(=O)(=O)N2CCN(C=O)CC2)cc1Cl. The number of amides is 1. The Balaban J connectivity index is 2.32. The van der Waals surface area contributed by atoms with Gasteiger partial charge in [0.1, 0.15) is 5.75 Å². The van der Waals surface area contributed by atoms with Crippen molar-refractivity contribution in [3.05, 3.63) is 22.7 Å². The van der Waals surface area contributed by atoms with Gasteiger partial charge in [-0.1, -0.05) is 11.6 Å². The lowest BCUT2D eigenvalue weighted by Gasteiger charge is -2.32. The summed E-state index contributed by atoms with van der Waals surface area (Å²) in [5.74, 6) is 0.443. The minimum absolute atomic E-state index is 0.174. The first-order chi connectivity index (χ1) is 9.90. The summed E-state index contributed by atoms with van der Waals surface area (Å²) in [6.45, 7) is 3.05. The molecule has 1 heterocycles. The van der Waals surface area contributed by atoms with E-state index in [9.17, 15) is 13.2 Å². The van der Waals surface area contributed by atoms with Crippen molar-refractivity contribution < 1.29 is 17.9 Å². The average molecular weight is 333 g/mol. The molecule has 1 saturated heterocycles. The zero-order valence-electron chi connectivity index (χ0n) is 11.9. The fourth-order valence-electron chi connectivity index (χ4n) is 2.26. The molecule has 0 unspecified atom stereocenters. The van der Waals surface area contributed by atoms with E-state index in [0.717, 1.165) is 6.41 Å². The van der Waals surface area contributed by atoms with Crippen molar-refractivity contribution in [2.45, 2.75) is 11.8 Å². The maximum Gasteiger partial charge on any atom is 0.243 e. The van der Waals surface area contributed by atoms with Gasteiger partial charge in [-0.15, -0.1) is 0 Å². The standard InChI is InChI=1S/C13H17ClN2O4S/c1-10-7-12(20-2)11(14)8-13(10)21(18,19)16-5-3-15(9-17)4-6-16/h7-9H,3-6H2,1-2H3. The molecule has 1 fully saturated rings. The summed E-state index contributed by atoms with van der Waals surface area (Å²) in [6.07, 6.45) is 0.736. The molecular weight excluding hydrogens is 316 g/mol. The molecule has 8 heteroatoms. The highest BCUT2D eigenvalue weighted by molar-refractivity contribution is 7.89. The van der Waals surface area contributed by atoms with Crippen LogP contribution in [0.4, 0.5) is 0 Å². The van der Waals surface area contributed by atoms with Crippen LogP contribution in [0, 0.1) is 6.92 Å². The maximum atomic E-state index is 12.7. The normalized spacial score (nSPS) is 16.8. The number of piperazine rings is 1. The minimum atomic E-state index is -3.62. The second-order valence-electron chi connectivity index (χ2n) is 4.80. The number of carbonyl (C=O) groups is 1. The predicted octanol–water partition coefficient (Wildman–Crippen LogP) is 1.12. The number of halogens is 1.